The van der Waals surface area contributed by atoms with Crippen molar-refractivity contribution in [3.05, 3.63) is 45.9 Å². The van der Waals surface area contributed by atoms with Gasteiger partial charge in [0, 0.05) is 23.3 Å². The van der Waals surface area contributed by atoms with Crippen LogP contribution in [0.3, 0.4) is 0 Å². The van der Waals surface area contributed by atoms with Crippen molar-refractivity contribution < 1.29 is 0 Å². The Balaban J connectivity index is 1.71. The van der Waals surface area contributed by atoms with Crippen molar-refractivity contribution in [3.8, 4) is 0 Å². The van der Waals surface area contributed by atoms with E-state index in [9.17, 15) is 0 Å². The third-order valence-corrected chi connectivity index (χ3v) is 3.94. The zero-order valence-corrected chi connectivity index (χ0v) is 11.5. The van der Waals surface area contributed by atoms with E-state index in [0.29, 0.717) is 0 Å². The highest BCUT2D eigenvalue weighted by Gasteiger charge is 1.99. The fourth-order valence-corrected chi connectivity index (χ4v) is 2.54. The molecule has 18 heavy (non-hydrogen) atoms. The smallest absolute Gasteiger partial charge is 0.107 e. The van der Waals surface area contributed by atoms with E-state index in [1.54, 1.807) is 11.3 Å². The van der Waals surface area contributed by atoms with Crippen LogP contribution in [0.25, 0.3) is 0 Å². The van der Waals surface area contributed by atoms with E-state index >= 15 is 0 Å². The Bertz CT molecular complexity index is 476. The maximum absolute atomic E-state index is 5.65. The molecular formula is C14H19N3S. The summed E-state index contributed by atoms with van der Waals surface area (Å²) in [5.41, 5.74) is 7.78. The van der Waals surface area contributed by atoms with Crippen molar-refractivity contribution >= 4 is 17.0 Å². The molecule has 96 valence electrons. The van der Waals surface area contributed by atoms with Gasteiger partial charge in [-0.25, -0.2) is 4.98 Å². The standard InChI is InChI=1S/C14H19N3S/c1-2-13-9-17-14(18-13)10-16-8-7-11-3-5-12(15)6-4-11/h3-6,9,16H,2,7-8,10,15H2,1H3. The number of nitrogens with two attached hydrogens (primary N) is 1. The van der Waals surface area contributed by atoms with Crippen molar-refractivity contribution in [2.75, 3.05) is 12.3 Å². The van der Waals surface area contributed by atoms with Gasteiger partial charge in [-0.3, -0.25) is 0 Å². The number of benzene rings is 1. The molecule has 3 N–H and O–H groups in total. The molecule has 1 aromatic carbocycles. The molecule has 0 amide bonds. The Morgan fingerprint density at radius 1 is 1.28 bits per heavy atom. The summed E-state index contributed by atoms with van der Waals surface area (Å²) < 4.78 is 0. The Morgan fingerprint density at radius 3 is 2.72 bits per heavy atom. The Labute approximate surface area is 112 Å². The van der Waals surface area contributed by atoms with E-state index in [1.165, 1.54) is 15.4 Å². The normalized spacial score (nSPS) is 10.7. The van der Waals surface area contributed by atoms with Crippen LogP contribution in [0.5, 0.6) is 0 Å². The number of thiazole rings is 1. The molecule has 0 atom stereocenters. The summed E-state index contributed by atoms with van der Waals surface area (Å²) in [5, 5.41) is 4.59. The second-order valence-electron chi connectivity index (χ2n) is 4.24. The number of hydrogen-bond acceptors (Lipinski definition) is 4. The topological polar surface area (TPSA) is 50.9 Å². The molecule has 4 heteroatoms. The molecule has 0 aliphatic carbocycles. The molecule has 1 heterocycles. The van der Waals surface area contributed by atoms with Crippen LogP contribution in [-0.2, 0) is 19.4 Å². The molecule has 0 saturated carbocycles. The number of nitrogens with zero attached hydrogens (tertiary/aromatic N) is 1. The lowest BCUT2D eigenvalue weighted by Crippen LogP contribution is -2.16. The highest BCUT2D eigenvalue weighted by Crippen LogP contribution is 2.12. The maximum Gasteiger partial charge on any atom is 0.107 e. The summed E-state index contributed by atoms with van der Waals surface area (Å²) in [6, 6.07) is 8.05. The molecule has 0 unspecified atom stereocenters. The lowest BCUT2D eigenvalue weighted by atomic mass is 10.1. The second-order valence-corrected chi connectivity index (χ2v) is 5.44. The van der Waals surface area contributed by atoms with Gasteiger partial charge in [-0.2, -0.15) is 0 Å². The minimum absolute atomic E-state index is 0.821. The Kier molecular flexibility index (Phi) is 4.73. The molecule has 2 rings (SSSR count). The van der Waals surface area contributed by atoms with E-state index in [2.05, 4.69) is 29.4 Å². The van der Waals surface area contributed by atoms with Gasteiger partial charge in [-0.05, 0) is 37.1 Å². The lowest BCUT2D eigenvalue weighted by Gasteiger charge is -2.03. The molecule has 0 spiro atoms. The third kappa shape index (κ3) is 3.82. The minimum Gasteiger partial charge on any atom is -0.399 e. The predicted molar refractivity (Wildman–Crippen MR) is 77.8 cm³/mol. The highest BCUT2D eigenvalue weighted by atomic mass is 32.1. The van der Waals surface area contributed by atoms with Crippen molar-refractivity contribution in [1.82, 2.24) is 10.3 Å². The zero-order chi connectivity index (χ0) is 12.8. The van der Waals surface area contributed by atoms with Crippen molar-refractivity contribution in [1.29, 1.82) is 0 Å². The lowest BCUT2D eigenvalue weighted by molar-refractivity contribution is 0.684. The first-order chi connectivity index (χ1) is 8.78. The molecule has 0 saturated heterocycles. The molecule has 0 aliphatic rings. The first-order valence-corrected chi connectivity index (χ1v) is 7.08. The van der Waals surface area contributed by atoms with Crippen LogP contribution in [0.1, 0.15) is 22.4 Å². The number of hydrogen-bond donors (Lipinski definition) is 2. The fraction of sp³-hybridized carbons (Fsp3) is 0.357. The first-order valence-electron chi connectivity index (χ1n) is 6.26. The van der Waals surface area contributed by atoms with Crippen LogP contribution in [0.15, 0.2) is 30.5 Å². The number of nitrogen functional groups attached to an aromatic ring is 1. The SMILES string of the molecule is CCc1cnc(CNCCc2ccc(N)cc2)s1. The minimum atomic E-state index is 0.821. The van der Waals surface area contributed by atoms with Gasteiger partial charge in [-0.15, -0.1) is 11.3 Å². The van der Waals surface area contributed by atoms with Crippen LogP contribution >= 0.6 is 11.3 Å². The van der Waals surface area contributed by atoms with Crippen molar-refractivity contribution in [3.63, 3.8) is 0 Å². The monoisotopic (exact) mass is 261 g/mol. The number of nitrogens with one attached hydrogen (secondary N) is 1. The number of rotatable bonds is 6. The van der Waals surface area contributed by atoms with Gasteiger partial charge in [0.2, 0.25) is 0 Å². The summed E-state index contributed by atoms with van der Waals surface area (Å²) in [7, 11) is 0. The van der Waals surface area contributed by atoms with Gasteiger partial charge in [0.25, 0.3) is 0 Å². The molecule has 0 radical (unpaired) electrons. The van der Waals surface area contributed by atoms with Gasteiger partial charge in [0.05, 0.1) is 0 Å². The van der Waals surface area contributed by atoms with E-state index in [1.807, 2.05) is 18.3 Å². The van der Waals surface area contributed by atoms with E-state index in [0.717, 1.165) is 31.6 Å². The van der Waals surface area contributed by atoms with Gasteiger partial charge in [0.1, 0.15) is 5.01 Å². The Hall–Kier alpha value is -1.39. The molecule has 3 nitrogen and oxygen atoms in total. The molecule has 2 aromatic rings. The predicted octanol–water partition coefficient (Wildman–Crippen LogP) is 2.62. The van der Waals surface area contributed by atoms with E-state index in [-0.39, 0.29) is 0 Å². The van der Waals surface area contributed by atoms with Gasteiger partial charge in [-0.1, -0.05) is 19.1 Å². The summed E-state index contributed by atoms with van der Waals surface area (Å²) in [5.74, 6) is 0. The third-order valence-electron chi connectivity index (χ3n) is 2.80. The molecule has 1 aromatic heterocycles. The average molecular weight is 261 g/mol. The summed E-state index contributed by atoms with van der Waals surface area (Å²) in [4.78, 5) is 5.73. The van der Waals surface area contributed by atoms with Crippen LogP contribution < -0.4 is 11.1 Å². The number of aromatic nitrogens is 1. The number of anilines is 1. The van der Waals surface area contributed by atoms with E-state index in [4.69, 9.17) is 5.73 Å². The van der Waals surface area contributed by atoms with Crippen molar-refractivity contribution in [2.24, 2.45) is 0 Å². The van der Waals surface area contributed by atoms with Crippen molar-refractivity contribution in [2.45, 2.75) is 26.3 Å². The first kappa shape index (κ1) is 13.1. The zero-order valence-electron chi connectivity index (χ0n) is 10.6. The largest absolute Gasteiger partial charge is 0.399 e. The van der Waals surface area contributed by atoms with Crippen LogP contribution in [0.4, 0.5) is 5.69 Å². The van der Waals surface area contributed by atoms with E-state index < -0.39 is 0 Å². The van der Waals surface area contributed by atoms with Crippen LogP contribution in [0, 0.1) is 0 Å². The molecule has 0 bridgehead atoms. The quantitative estimate of drug-likeness (QED) is 0.621. The molecule has 0 aliphatic heterocycles. The van der Waals surface area contributed by atoms with Gasteiger partial charge < -0.3 is 11.1 Å². The van der Waals surface area contributed by atoms with Crippen LogP contribution in [-0.4, -0.2) is 11.5 Å². The average Bonchev–Trinajstić information content (AvgIpc) is 2.85. The van der Waals surface area contributed by atoms with Gasteiger partial charge in [0.15, 0.2) is 0 Å². The molecular weight excluding hydrogens is 242 g/mol. The highest BCUT2D eigenvalue weighted by molar-refractivity contribution is 7.11. The van der Waals surface area contributed by atoms with Gasteiger partial charge >= 0.3 is 0 Å². The summed E-state index contributed by atoms with van der Waals surface area (Å²) >= 11 is 1.79. The maximum atomic E-state index is 5.65. The number of aryl methyl sites for hydroxylation is 1. The Morgan fingerprint density at radius 2 is 2.06 bits per heavy atom. The summed E-state index contributed by atoms with van der Waals surface area (Å²) in [6.45, 7) is 3.98. The molecule has 0 fully saturated rings. The second kappa shape index (κ2) is 6.52. The van der Waals surface area contributed by atoms with Crippen LogP contribution in [0.2, 0.25) is 0 Å². The fourth-order valence-electron chi connectivity index (χ4n) is 1.71. The summed E-state index contributed by atoms with van der Waals surface area (Å²) in [6.07, 6.45) is 4.07.